The third kappa shape index (κ3) is 4.95. The molecule has 21 heavy (non-hydrogen) atoms. The van der Waals surface area contributed by atoms with Crippen LogP contribution in [0.4, 0.5) is 5.69 Å². The Balaban J connectivity index is 1.81. The van der Waals surface area contributed by atoms with Crippen molar-refractivity contribution >= 4 is 21.6 Å². The van der Waals surface area contributed by atoms with Gasteiger partial charge in [0.1, 0.15) is 0 Å². The molecule has 1 N–H and O–H groups in total. The number of nitrogens with zero attached hydrogens (tertiary/aromatic N) is 1. The average Bonchev–Trinajstić information content (AvgIpc) is 2.48. The van der Waals surface area contributed by atoms with Crippen LogP contribution in [-0.4, -0.2) is 11.5 Å². The van der Waals surface area contributed by atoms with Gasteiger partial charge in [0, 0.05) is 22.6 Å². The van der Waals surface area contributed by atoms with Crippen LogP contribution in [0.3, 0.4) is 0 Å². The van der Waals surface area contributed by atoms with E-state index in [1.54, 1.807) is 12.1 Å². The zero-order chi connectivity index (χ0) is 15.1. The maximum atomic E-state index is 11.0. The second kappa shape index (κ2) is 7.90. The molecule has 0 heterocycles. The van der Waals surface area contributed by atoms with Gasteiger partial charge in [-0.15, -0.1) is 0 Å². The standard InChI is InChI=1S/C16H17BrN2O2/c17-15-8-9-16(19(20)21)14(11-15)12-18-10-4-7-13-5-2-1-3-6-13/h1-3,5-6,8-9,11,18H,4,7,10,12H2. The normalized spacial score (nSPS) is 10.5. The van der Waals surface area contributed by atoms with Crippen LogP contribution in [-0.2, 0) is 13.0 Å². The second-order valence-corrected chi connectivity index (χ2v) is 5.71. The van der Waals surface area contributed by atoms with Crippen LogP contribution in [0.5, 0.6) is 0 Å². The van der Waals surface area contributed by atoms with Crippen molar-refractivity contribution in [2.75, 3.05) is 6.54 Å². The zero-order valence-electron chi connectivity index (χ0n) is 11.6. The Labute approximate surface area is 132 Å². The molecule has 0 unspecified atom stereocenters. The van der Waals surface area contributed by atoms with Gasteiger partial charge >= 0.3 is 0 Å². The molecular formula is C16H17BrN2O2. The lowest BCUT2D eigenvalue weighted by molar-refractivity contribution is -0.385. The molecule has 0 saturated heterocycles. The molecule has 4 nitrogen and oxygen atoms in total. The van der Waals surface area contributed by atoms with E-state index in [2.05, 4.69) is 33.4 Å². The molecule has 0 aliphatic rings. The highest BCUT2D eigenvalue weighted by Crippen LogP contribution is 2.22. The summed E-state index contributed by atoms with van der Waals surface area (Å²) in [7, 11) is 0. The zero-order valence-corrected chi connectivity index (χ0v) is 13.2. The van der Waals surface area contributed by atoms with E-state index in [1.165, 1.54) is 11.6 Å². The lowest BCUT2D eigenvalue weighted by Crippen LogP contribution is -2.16. The maximum Gasteiger partial charge on any atom is 0.273 e. The Morgan fingerprint density at radius 1 is 1.14 bits per heavy atom. The van der Waals surface area contributed by atoms with E-state index in [4.69, 9.17) is 0 Å². The van der Waals surface area contributed by atoms with Crippen LogP contribution in [0.1, 0.15) is 17.5 Å². The highest BCUT2D eigenvalue weighted by molar-refractivity contribution is 9.10. The third-order valence-corrected chi connectivity index (χ3v) is 3.71. The lowest BCUT2D eigenvalue weighted by atomic mass is 10.1. The summed E-state index contributed by atoms with van der Waals surface area (Å²) in [6.07, 6.45) is 2.01. The predicted octanol–water partition coefficient (Wildman–Crippen LogP) is 4.08. The Morgan fingerprint density at radius 2 is 1.90 bits per heavy atom. The van der Waals surface area contributed by atoms with Gasteiger partial charge in [-0.1, -0.05) is 46.3 Å². The first-order valence-corrected chi connectivity index (χ1v) is 7.63. The number of nitro benzene ring substituents is 1. The first-order chi connectivity index (χ1) is 10.2. The summed E-state index contributed by atoms with van der Waals surface area (Å²) >= 11 is 3.35. The molecule has 2 rings (SSSR count). The van der Waals surface area contributed by atoms with Gasteiger partial charge in [0.2, 0.25) is 0 Å². The summed E-state index contributed by atoms with van der Waals surface area (Å²) in [5, 5.41) is 14.2. The lowest BCUT2D eigenvalue weighted by Gasteiger charge is -2.06. The number of nitrogens with one attached hydrogen (secondary N) is 1. The summed E-state index contributed by atoms with van der Waals surface area (Å²) in [5.41, 5.74) is 2.18. The van der Waals surface area contributed by atoms with E-state index >= 15 is 0 Å². The molecule has 0 aliphatic carbocycles. The van der Waals surface area contributed by atoms with Gasteiger partial charge in [0.05, 0.1) is 4.92 Å². The SMILES string of the molecule is O=[N+]([O-])c1ccc(Br)cc1CNCCCc1ccccc1. The number of aryl methyl sites for hydroxylation is 1. The van der Waals surface area contributed by atoms with E-state index in [-0.39, 0.29) is 10.6 Å². The monoisotopic (exact) mass is 348 g/mol. The maximum absolute atomic E-state index is 11.0. The van der Waals surface area contributed by atoms with Crippen LogP contribution in [0.2, 0.25) is 0 Å². The van der Waals surface area contributed by atoms with Crippen molar-refractivity contribution in [3.05, 3.63) is 74.2 Å². The van der Waals surface area contributed by atoms with Crippen molar-refractivity contribution in [2.45, 2.75) is 19.4 Å². The van der Waals surface area contributed by atoms with Crippen LogP contribution in [0.15, 0.2) is 53.0 Å². The van der Waals surface area contributed by atoms with Crippen molar-refractivity contribution in [2.24, 2.45) is 0 Å². The summed E-state index contributed by atoms with van der Waals surface area (Å²) in [6, 6.07) is 15.3. The average molecular weight is 349 g/mol. The molecule has 0 aromatic heterocycles. The predicted molar refractivity (Wildman–Crippen MR) is 87.3 cm³/mol. The largest absolute Gasteiger partial charge is 0.312 e. The Hall–Kier alpha value is -1.72. The molecule has 0 aliphatic heterocycles. The summed E-state index contributed by atoms with van der Waals surface area (Å²) < 4.78 is 0.856. The fourth-order valence-electron chi connectivity index (χ4n) is 2.16. The van der Waals surface area contributed by atoms with Crippen molar-refractivity contribution < 1.29 is 4.92 Å². The molecule has 110 valence electrons. The quantitative estimate of drug-likeness (QED) is 0.466. The summed E-state index contributed by atoms with van der Waals surface area (Å²) in [4.78, 5) is 10.6. The van der Waals surface area contributed by atoms with E-state index in [0.29, 0.717) is 12.1 Å². The number of halogens is 1. The first kappa shape index (κ1) is 15.7. The molecule has 0 bridgehead atoms. The minimum atomic E-state index is -0.340. The molecule has 2 aromatic carbocycles. The Morgan fingerprint density at radius 3 is 2.62 bits per heavy atom. The van der Waals surface area contributed by atoms with E-state index < -0.39 is 0 Å². The molecule has 0 radical (unpaired) electrons. The number of benzene rings is 2. The molecule has 0 atom stereocenters. The minimum Gasteiger partial charge on any atom is -0.312 e. The molecular weight excluding hydrogens is 332 g/mol. The van der Waals surface area contributed by atoms with Gasteiger partial charge < -0.3 is 5.32 Å². The van der Waals surface area contributed by atoms with Crippen molar-refractivity contribution in [1.29, 1.82) is 0 Å². The molecule has 0 saturated carbocycles. The van der Waals surface area contributed by atoms with Crippen molar-refractivity contribution in [3.63, 3.8) is 0 Å². The van der Waals surface area contributed by atoms with Gasteiger partial charge in [0.15, 0.2) is 0 Å². The van der Waals surface area contributed by atoms with Crippen LogP contribution in [0, 0.1) is 10.1 Å². The Kier molecular flexibility index (Phi) is 5.90. The van der Waals surface area contributed by atoms with E-state index in [0.717, 1.165) is 23.9 Å². The minimum absolute atomic E-state index is 0.161. The number of rotatable bonds is 7. The van der Waals surface area contributed by atoms with Crippen LogP contribution < -0.4 is 5.32 Å². The van der Waals surface area contributed by atoms with Gasteiger partial charge in [-0.2, -0.15) is 0 Å². The van der Waals surface area contributed by atoms with Crippen molar-refractivity contribution in [1.82, 2.24) is 5.32 Å². The summed E-state index contributed by atoms with van der Waals surface area (Å²) in [5.74, 6) is 0. The fraction of sp³-hybridized carbons (Fsp3) is 0.250. The number of nitro groups is 1. The summed E-state index contributed by atoms with van der Waals surface area (Å²) in [6.45, 7) is 1.34. The number of hydrogen-bond donors (Lipinski definition) is 1. The molecule has 0 spiro atoms. The van der Waals surface area contributed by atoms with Gasteiger partial charge in [-0.3, -0.25) is 10.1 Å². The second-order valence-electron chi connectivity index (χ2n) is 4.80. The first-order valence-electron chi connectivity index (χ1n) is 6.84. The topological polar surface area (TPSA) is 55.2 Å². The van der Waals surface area contributed by atoms with Crippen LogP contribution >= 0.6 is 15.9 Å². The van der Waals surface area contributed by atoms with E-state index in [9.17, 15) is 10.1 Å². The molecule has 2 aromatic rings. The number of hydrogen-bond acceptors (Lipinski definition) is 3. The van der Waals surface area contributed by atoms with Crippen LogP contribution in [0.25, 0.3) is 0 Å². The molecule has 0 fully saturated rings. The van der Waals surface area contributed by atoms with Gasteiger partial charge in [0.25, 0.3) is 5.69 Å². The highest BCUT2D eigenvalue weighted by atomic mass is 79.9. The fourth-order valence-corrected chi connectivity index (χ4v) is 2.57. The smallest absolute Gasteiger partial charge is 0.273 e. The van der Waals surface area contributed by atoms with Crippen molar-refractivity contribution in [3.8, 4) is 0 Å². The Bertz CT molecular complexity index is 602. The van der Waals surface area contributed by atoms with Gasteiger partial charge in [-0.05, 0) is 37.1 Å². The molecule has 5 heteroatoms. The third-order valence-electron chi connectivity index (χ3n) is 3.22. The van der Waals surface area contributed by atoms with Gasteiger partial charge in [-0.25, -0.2) is 0 Å². The van der Waals surface area contributed by atoms with E-state index in [1.807, 2.05) is 18.2 Å². The highest BCUT2D eigenvalue weighted by Gasteiger charge is 2.12. The molecule has 0 amide bonds.